The molecule has 2 aromatic rings. The van der Waals surface area contributed by atoms with Crippen LogP contribution in [0.5, 0.6) is 0 Å². The zero-order valence-corrected chi connectivity index (χ0v) is 13.9. The first-order valence-corrected chi connectivity index (χ1v) is 8.44. The van der Waals surface area contributed by atoms with Gasteiger partial charge in [0.1, 0.15) is 16.6 Å². The van der Waals surface area contributed by atoms with Gasteiger partial charge in [-0.2, -0.15) is 0 Å². The van der Waals surface area contributed by atoms with Crippen LogP contribution in [0.25, 0.3) is 16.8 Å². The molecule has 0 fully saturated rings. The van der Waals surface area contributed by atoms with Crippen molar-refractivity contribution in [1.29, 1.82) is 5.41 Å². The summed E-state index contributed by atoms with van der Waals surface area (Å²) in [6.45, 7) is 0.903. The SMILES string of the molecule is N=C1C(c2nc(-c3ccc(Cl)cc3)cs2)=C(O)CN1CCCO. The summed E-state index contributed by atoms with van der Waals surface area (Å²) < 4.78 is 0. The summed E-state index contributed by atoms with van der Waals surface area (Å²) in [5.74, 6) is 0.415. The summed E-state index contributed by atoms with van der Waals surface area (Å²) in [5, 5.41) is 30.5. The lowest BCUT2D eigenvalue weighted by atomic mass is 10.2. The third-order valence-corrected chi connectivity index (χ3v) is 4.74. The molecule has 5 nitrogen and oxygen atoms in total. The maximum atomic E-state index is 10.2. The maximum Gasteiger partial charge on any atom is 0.135 e. The quantitative estimate of drug-likeness (QED) is 0.772. The van der Waals surface area contributed by atoms with E-state index in [2.05, 4.69) is 4.98 Å². The molecule has 0 unspecified atom stereocenters. The van der Waals surface area contributed by atoms with Gasteiger partial charge < -0.3 is 15.1 Å². The maximum absolute atomic E-state index is 10.2. The molecule has 0 saturated heterocycles. The molecule has 1 aromatic heterocycles. The molecule has 0 amide bonds. The highest BCUT2D eigenvalue weighted by atomic mass is 35.5. The Balaban J connectivity index is 1.84. The molecule has 7 heteroatoms. The fourth-order valence-corrected chi connectivity index (χ4v) is 3.47. The van der Waals surface area contributed by atoms with Crippen molar-refractivity contribution in [3.05, 3.63) is 45.4 Å². The Hall–Kier alpha value is -1.89. The number of aliphatic hydroxyl groups is 2. The highest BCUT2D eigenvalue weighted by Gasteiger charge is 2.29. The highest BCUT2D eigenvalue weighted by molar-refractivity contribution is 7.11. The number of hydrogen-bond acceptors (Lipinski definition) is 5. The Morgan fingerprint density at radius 1 is 1.30 bits per heavy atom. The molecule has 1 aromatic carbocycles. The highest BCUT2D eigenvalue weighted by Crippen LogP contribution is 2.32. The average molecular weight is 350 g/mol. The molecule has 0 bridgehead atoms. The van der Waals surface area contributed by atoms with Crippen molar-refractivity contribution in [2.75, 3.05) is 19.7 Å². The molecule has 0 aliphatic carbocycles. The second-order valence-corrected chi connectivity index (χ2v) is 6.51. The smallest absolute Gasteiger partial charge is 0.135 e. The lowest BCUT2D eigenvalue weighted by molar-refractivity contribution is 0.265. The zero-order valence-electron chi connectivity index (χ0n) is 12.3. The minimum atomic E-state index is 0.0673. The largest absolute Gasteiger partial charge is 0.510 e. The van der Waals surface area contributed by atoms with Crippen LogP contribution in [0, 0.1) is 5.41 Å². The van der Waals surface area contributed by atoms with Crippen molar-refractivity contribution in [3.63, 3.8) is 0 Å². The molecule has 1 aliphatic rings. The first-order valence-electron chi connectivity index (χ1n) is 7.19. The van der Waals surface area contributed by atoms with Crippen molar-refractivity contribution in [2.24, 2.45) is 0 Å². The van der Waals surface area contributed by atoms with E-state index in [0.29, 0.717) is 35.1 Å². The number of nitrogens with zero attached hydrogens (tertiary/aromatic N) is 2. The normalized spacial score (nSPS) is 14.9. The Kier molecular flexibility index (Phi) is 4.66. The van der Waals surface area contributed by atoms with Gasteiger partial charge in [-0.05, 0) is 18.6 Å². The van der Waals surface area contributed by atoms with Gasteiger partial charge in [0.15, 0.2) is 0 Å². The lowest BCUT2D eigenvalue weighted by Gasteiger charge is -2.17. The van der Waals surface area contributed by atoms with Crippen LogP contribution in [-0.4, -0.2) is 45.6 Å². The number of hydrogen-bond donors (Lipinski definition) is 3. The van der Waals surface area contributed by atoms with Crippen molar-refractivity contribution < 1.29 is 10.2 Å². The number of halogens is 1. The summed E-state index contributed by atoms with van der Waals surface area (Å²) in [6, 6.07) is 7.40. The van der Waals surface area contributed by atoms with Gasteiger partial charge in [-0.3, -0.25) is 5.41 Å². The van der Waals surface area contributed by atoms with E-state index in [1.807, 2.05) is 17.5 Å². The number of rotatable bonds is 5. The Morgan fingerprint density at radius 3 is 2.74 bits per heavy atom. The van der Waals surface area contributed by atoms with Crippen molar-refractivity contribution in [2.45, 2.75) is 6.42 Å². The van der Waals surface area contributed by atoms with Gasteiger partial charge >= 0.3 is 0 Å². The molecule has 0 radical (unpaired) electrons. The number of nitrogens with one attached hydrogen (secondary N) is 1. The van der Waals surface area contributed by atoms with E-state index in [0.717, 1.165) is 11.3 Å². The van der Waals surface area contributed by atoms with Gasteiger partial charge in [-0.1, -0.05) is 23.7 Å². The van der Waals surface area contributed by atoms with Crippen LogP contribution >= 0.6 is 22.9 Å². The summed E-state index contributed by atoms with van der Waals surface area (Å²) in [7, 11) is 0. The first-order chi connectivity index (χ1) is 11.1. The minimum Gasteiger partial charge on any atom is -0.510 e. The standard InChI is InChI=1S/C16H16ClN3O2S/c17-11-4-2-10(3-5-11)12-9-23-16(19-12)14-13(22)8-20(15(14)18)6-1-7-21/h2-5,9,18,21-22H,1,6-8H2. The fourth-order valence-electron chi connectivity index (χ4n) is 2.45. The monoisotopic (exact) mass is 349 g/mol. The van der Waals surface area contributed by atoms with Gasteiger partial charge in [-0.25, -0.2) is 4.98 Å². The third-order valence-electron chi connectivity index (χ3n) is 3.63. The Morgan fingerprint density at radius 2 is 2.04 bits per heavy atom. The average Bonchev–Trinajstić information content (AvgIpc) is 3.11. The third kappa shape index (κ3) is 3.24. The Labute approximate surface area is 143 Å². The van der Waals surface area contributed by atoms with E-state index < -0.39 is 0 Å². The molecular weight excluding hydrogens is 334 g/mol. The van der Waals surface area contributed by atoms with Gasteiger partial charge in [0.2, 0.25) is 0 Å². The topological polar surface area (TPSA) is 80.4 Å². The predicted molar refractivity (Wildman–Crippen MR) is 93.1 cm³/mol. The molecular formula is C16H16ClN3O2S. The summed E-state index contributed by atoms with van der Waals surface area (Å²) >= 11 is 7.29. The molecule has 23 heavy (non-hydrogen) atoms. The van der Waals surface area contributed by atoms with Crippen LogP contribution in [0.4, 0.5) is 0 Å². The molecule has 0 saturated carbocycles. The number of aromatic nitrogens is 1. The molecule has 2 heterocycles. The van der Waals surface area contributed by atoms with Gasteiger partial charge in [-0.15, -0.1) is 11.3 Å². The lowest BCUT2D eigenvalue weighted by Crippen LogP contribution is -2.28. The second kappa shape index (κ2) is 6.70. The van der Waals surface area contributed by atoms with Gasteiger partial charge in [0, 0.05) is 29.1 Å². The molecule has 3 N–H and O–H groups in total. The van der Waals surface area contributed by atoms with Crippen LogP contribution < -0.4 is 0 Å². The number of benzene rings is 1. The summed E-state index contributed by atoms with van der Waals surface area (Å²) in [6.07, 6.45) is 0.566. The number of aliphatic hydroxyl groups excluding tert-OH is 2. The summed E-state index contributed by atoms with van der Waals surface area (Å²) in [5.41, 5.74) is 2.22. The Bertz CT molecular complexity index is 755. The fraction of sp³-hybridized carbons (Fsp3) is 0.250. The van der Waals surface area contributed by atoms with Crippen LogP contribution in [0.15, 0.2) is 35.4 Å². The second-order valence-electron chi connectivity index (χ2n) is 5.21. The molecule has 0 atom stereocenters. The van der Waals surface area contributed by atoms with E-state index in [9.17, 15) is 5.11 Å². The molecule has 3 rings (SSSR count). The van der Waals surface area contributed by atoms with Crippen LogP contribution in [0.1, 0.15) is 11.4 Å². The van der Waals surface area contributed by atoms with Gasteiger partial charge in [0.05, 0.1) is 17.8 Å². The van der Waals surface area contributed by atoms with E-state index in [1.54, 1.807) is 17.0 Å². The first kappa shape index (κ1) is 16.0. The van der Waals surface area contributed by atoms with Crippen LogP contribution in [0.3, 0.4) is 0 Å². The van der Waals surface area contributed by atoms with E-state index in [-0.39, 0.29) is 18.2 Å². The number of amidine groups is 1. The van der Waals surface area contributed by atoms with E-state index >= 15 is 0 Å². The molecule has 0 spiro atoms. The summed E-state index contributed by atoms with van der Waals surface area (Å²) in [4.78, 5) is 6.29. The number of thiazole rings is 1. The van der Waals surface area contributed by atoms with E-state index in [1.165, 1.54) is 11.3 Å². The zero-order chi connectivity index (χ0) is 16.4. The van der Waals surface area contributed by atoms with Crippen molar-refractivity contribution in [1.82, 2.24) is 9.88 Å². The van der Waals surface area contributed by atoms with Crippen molar-refractivity contribution >= 4 is 34.3 Å². The van der Waals surface area contributed by atoms with Gasteiger partial charge in [0.25, 0.3) is 0 Å². The minimum absolute atomic E-state index is 0.0673. The molecule has 1 aliphatic heterocycles. The van der Waals surface area contributed by atoms with E-state index in [4.69, 9.17) is 22.1 Å². The molecule has 120 valence electrons. The predicted octanol–water partition coefficient (Wildman–Crippen LogP) is 3.41. The van der Waals surface area contributed by atoms with Crippen LogP contribution in [-0.2, 0) is 0 Å². The van der Waals surface area contributed by atoms with Crippen molar-refractivity contribution in [3.8, 4) is 11.3 Å². The van der Waals surface area contributed by atoms with Crippen LogP contribution in [0.2, 0.25) is 5.02 Å².